The number of carboxylic acid groups (broad SMARTS) is 1. The molecular formula is C20H23N3O5. The van der Waals surface area contributed by atoms with E-state index in [4.69, 9.17) is 0 Å². The highest BCUT2D eigenvalue weighted by atomic mass is 16.4. The summed E-state index contributed by atoms with van der Waals surface area (Å²) < 4.78 is 0. The van der Waals surface area contributed by atoms with Gasteiger partial charge in [-0.05, 0) is 25.8 Å². The first-order chi connectivity index (χ1) is 13.3. The monoisotopic (exact) mass is 385 g/mol. The molecule has 0 aromatic heterocycles. The van der Waals surface area contributed by atoms with Crippen LogP contribution in [0, 0.1) is 11.8 Å². The lowest BCUT2D eigenvalue weighted by molar-refractivity contribution is -0.734. The Kier molecular flexibility index (Phi) is 4.26. The summed E-state index contributed by atoms with van der Waals surface area (Å²) in [6, 6.07) is 6.41. The summed E-state index contributed by atoms with van der Waals surface area (Å²) >= 11 is 0. The van der Waals surface area contributed by atoms with E-state index in [9.17, 15) is 24.3 Å². The first-order valence-corrected chi connectivity index (χ1v) is 9.66. The fraction of sp³-hybridized carbons (Fsp3) is 0.500. The molecule has 28 heavy (non-hydrogen) atoms. The summed E-state index contributed by atoms with van der Waals surface area (Å²) in [7, 11) is 0. The summed E-state index contributed by atoms with van der Waals surface area (Å²) in [5, 5.41) is 15.6. The Morgan fingerprint density at radius 3 is 2.68 bits per heavy atom. The van der Waals surface area contributed by atoms with Crippen LogP contribution in [0.5, 0.6) is 0 Å². The van der Waals surface area contributed by atoms with Crippen molar-refractivity contribution in [2.45, 2.75) is 50.7 Å². The number of hydrogen-bond acceptors (Lipinski definition) is 5. The molecule has 3 aliphatic heterocycles. The third-order valence-electron chi connectivity index (χ3n) is 6.52. The Hall–Kier alpha value is -2.74. The van der Waals surface area contributed by atoms with Crippen molar-refractivity contribution in [3.8, 4) is 0 Å². The Labute approximate surface area is 162 Å². The van der Waals surface area contributed by atoms with Gasteiger partial charge in [-0.15, -0.1) is 0 Å². The highest BCUT2D eigenvalue weighted by molar-refractivity contribution is 6.14. The molecule has 0 bridgehead atoms. The van der Waals surface area contributed by atoms with Crippen LogP contribution in [0.15, 0.2) is 24.3 Å². The van der Waals surface area contributed by atoms with Crippen molar-refractivity contribution < 1.29 is 29.6 Å². The minimum atomic E-state index is -1.24. The molecule has 0 radical (unpaired) electrons. The molecule has 3 N–H and O–H groups in total. The molecule has 3 amide bonds. The minimum absolute atomic E-state index is 0.161. The maximum absolute atomic E-state index is 13.4. The molecule has 1 aromatic rings. The third-order valence-corrected chi connectivity index (χ3v) is 6.52. The largest absolute Gasteiger partial charge is 0.550 e. The van der Waals surface area contributed by atoms with Gasteiger partial charge in [0.15, 0.2) is 0 Å². The predicted molar refractivity (Wildman–Crippen MR) is 95.3 cm³/mol. The maximum atomic E-state index is 13.4. The van der Waals surface area contributed by atoms with Crippen molar-refractivity contribution in [1.82, 2.24) is 4.90 Å². The van der Waals surface area contributed by atoms with Gasteiger partial charge in [0.25, 0.3) is 5.91 Å². The number of carboxylic acids is 1. The van der Waals surface area contributed by atoms with Gasteiger partial charge in [-0.2, -0.15) is 0 Å². The number of hydrogen-bond donors (Lipinski definition) is 2. The number of para-hydroxylation sites is 1. The quantitative estimate of drug-likeness (QED) is 0.611. The van der Waals surface area contributed by atoms with Gasteiger partial charge in [0.2, 0.25) is 17.4 Å². The second-order valence-electron chi connectivity index (χ2n) is 7.92. The number of rotatable bonds is 5. The van der Waals surface area contributed by atoms with E-state index in [1.165, 1.54) is 4.90 Å². The number of amides is 3. The molecule has 3 heterocycles. The van der Waals surface area contributed by atoms with Gasteiger partial charge in [-0.25, -0.2) is 0 Å². The summed E-state index contributed by atoms with van der Waals surface area (Å²) in [5.74, 6) is -3.76. The summed E-state index contributed by atoms with van der Waals surface area (Å²) in [5.41, 5.74) is 0.0655. The van der Waals surface area contributed by atoms with Gasteiger partial charge in [0.1, 0.15) is 17.9 Å². The topological polar surface area (TPSA) is 123 Å². The molecule has 0 unspecified atom stereocenters. The Bertz CT molecular complexity index is 884. The summed E-state index contributed by atoms with van der Waals surface area (Å²) in [6.07, 6.45) is 0.544. The first-order valence-electron chi connectivity index (χ1n) is 9.66. The van der Waals surface area contributed by atoms with Gasteiger partial charge in [0, 0.05) is 24.0 Å². The van der Waals surface area contributed by atoms with Gasteiger partial charge in [-0.3, -0.25) is 19.3 Å². The first kappa shape index (κ1) is 18.6. The van der Waals surface area contributed by atoms with E-state index >= 15 is 0 Å². The molecule has 0 saturated carbocycles. The number of quaternary nitrogens is 1. The standard InChI is InChI=1S/C20H23N3O5/c1-3-10(2)23-17(26)15-13(8-9-14(24)25)22-20(16(15)18(23)27)11-6-4-5-7-12(11)21-19(20)28/h4-7,10,13,15-16,22H,3,8-9H2,1-2H3,(H,21,28)(H,24,25)/t10-,13-,15-,16+,20-/m1/s1. The molecule has 8 heteroatoms. The van der Waals surface area contributed by atoms with Crippen LogP contribution in [0.25, 0.3) is 0 Å². The van der Waals surface area contributed by atoms with Gasteiger partial charge in [-0.1, -0.05) is 25.1 Å². The molecule has 8 nitrogen and oxygen atoms in total. The fourth-order valence-corrected chi connectivity index (χ4v) is 5.11. The number of aliphatic carboxylic acids is 1. The predicted octanol–water partition coefficient (Wildman–Crippen LogP) is -1.29. The van der Waals surface area contributed by atoms with Crippen molar-refractivity contribution in [1.29, 1.82) is 0 Å². The lowest BCUT2D eigenvalue weighted by Crippen LogP contribution is -2.99. The van der Waals surface area contributed by atoms with Crippen molar-refractivity contribution >= 4 is 29.4 Å². The highest BCUT2D eigenvalue weighted by Gasteiger charge is 2.74. The van der Waals surface area contributed by atoms with Crippen LogP contribution in [0.2, 0.25) is 0 Å². The molecule has 2 saturated heterocycles. The number of likely N-dealkylation sites (tertiary alicyclic amines) is 1. The molecule has 5 atom stereocenters. The van der Waals surface area contributed by atoms with Gasteiger partial charge in [0.05, 0.1) is 5.69 Å². The smallest absolute Gasteiger partial charge is 0.291 e. The number of carbonyl (C=O) groups excluding carboxylic acids is 4. The molecule has 3 aliphatic rings. The van der Waals surface area contributed by atoms with E-state index in [-0.39, 0.29) is 36.6 Å². The van der Waals surface area contributed by atoms with Crippen LogP contribution in [0.3, 0.4) is 0 Å². The van der Waals surface area contributed by atoms with E-state index in [2.05, 4.69) is 5.32 Å². The van der Waals surface area contributed by atoms with E-state index in [1.54, 1.807) is 29.6 Å². The van der Waals surface area contributed by atoms with Crippen LogP contribution in [0.4, 0.5) is 5.69 Å². The van der Waals surface area contributed by atoms with Crippen molar-refractivity contribution in [2.75, 3.05) is 5.32 Å². The van der Waals surface area contributed by atoms with Crippen LogP contribution in [-0.2, 0) is 24.7 Å². The molecule has 1 aromatic carbocycles. The number of nitrogens with zero attached hydrogens (tertiary/aromatic N) is 1. The van der Waals surface area contributed by atoms with Crippen molar-refractivity contribution in [3.05, 3.63) is 29.8 Å². The Morgan fingerprint density at radius 1 is 1.29 bits per heavy atom. The van der Waals surface area contributed by atoms with Crippen LogP contribution < -0.4 is 15.7 Å². The average molecular weight is 385 g/mol. The minimum Gasteiger partial charge on any atom is -0.550 e. The second-order valence-corrected chi connectivity index (χ2v) is 7.92. The number of fused-ring (bicyclic) bond motifs is 4. The van der Waals surface area contributed by atoms with Crippen molar-refractivity contribution in [3.63, 3.8) is 0 Å². The summed E-state index contributed by atoms with van der Waals surface area (Å²) in [6.45, 7) is 3.71. The Morgan fingerprint density at radius 2 is 2.00 bits per heavy atom. The molecule has 0 aliphatic carbocycles. The van der Waals surface area contributed by atoms with Crippen molar-refractivity contribution in [2.24, 2.45) is 11.8 Å². The lowest BCUT2D eigenvalue weighted by atomic mass is 9.76. The van der Waals surface area contributed by atoms with E-state index < -0.39 is 29.4 Å². The number of imide groups is 1. The SMILES string of the molecule is CC[C@@H](C)N1C(=O)[C@H]2[C@@H](C1=O)[C@@]1([NH2+][C@@H]2CCC(=O)[O-])C(=O)Nc2ccccc21. The number of nitrogens with two attached hydrogens (primary N) is 1. The molecule has 1 spiro atoms. The van der Waals surface area contributed by atoms with Crippen LogP contribution >= 0.6 is 0 Å². The molecule has 148 valence electrons. The second kappa shape index (κ2) is 6.41. The van der Waals surface area contributed by atoms with Gasteiger partial charge >= 0.3 is 0 Å². The zero-order chi connectivity index (χ0) is 20.2. The van der Waals surface area contributed by atoms with E-state index in [1.807, 2.05) is 13.8 Å². The zero-order valence-corrected chi connectivity index (χ0v) is 15.8. The Balaban J connectivity index is 1.83. The zero-order valence-electron chi connectivity index (χ0n) is 15.8. The maximum Gasteiger partial charge on any atom is 0.291 e. The lowest BCUT2D eigenvalue weighted by Gasteiger charge is -2.28. The number of nitrogens with one attached hydrogen (secondary N) is 1. The number of carbonyl (C=O) groups is 4. The third kappa shape index (κ3) is 2.33. The normalized spacial score (nSPS) is 31.9. The van der Waals surface area contributed by atoms with Crippen LogP contribution in [0.1, 0.15) is 38.7 Å². The summed E-state index contributed by atoms with van der Waals surface area (Å²) in [4.78, 5) is 52.0. The molecule has 2 fully saturated rings. The fourth-order valence-electron chi connectivity index (χ4n) is 5.11. The van der Waals surface area contributed by atoms with E-state index in [0.29, 0.717) is 17.7 Å². The molecular weight excluding hydrogens is 362 g/mol. The number of anilines is 1. The van der Waals surface area contributed by atoms with E-state index in [0.717, 1.165) is 0 Å². The van der Waals surface area contributed by atoms with Crippen LogP contribution in [-0.4, -0.2) is 40.7 Å². The number of benzene rings is 1. The average Bonchev–Trinajstić information content (AvgIpc) is 3.24. The molecule has 4 rings (SSSR count). The highest BCUT2D eigenvalue weighted by Crippen LogP contribution is 2.49. The van der Waals surface area contributed by atoms with Gasteiger partial charge < -0.3 is 20.5 Å².